The number of hydrogen-bond donors (Lipinski definition) is 2. The van der Waals surface area contributed by atoms with Crippen molar-refractivity contribution in [3.05, 3.63) is 35.4 Å². The summed E-state index contributed by atoms with van der Waals surface area (Å²) in [6.45, 7) is 2.12. The Morgan fingerprint density at radius 1 is 1.17 bits per heavy atom. The molecule has 1 aliphatic rings. The van der Waals surface area contributed by atoms with E-state index in [1.54, 1.807) is 0 Å². The van der Waals surface area contributed by atoms with Gasteiger partial charge in [-0.25, -0.2) is 0 Å². The summed E-state index contributed by atoms with van der Waals surface area (Å²) in [5, 5.41) is 12.3. The minimum absolute atomic E-state index is 0.169. The van der Waals surface area contributed by atoms with Gasteiger partial charge < -0.3 is 10.4 Å². The molecule has 1 aliphatic carbocycles. The van der Waals surface area contributed by atoms with Crippen molar-refractivity contribution in [2.24, 2.45) is 5.92 Å². The van der Waals surface area contributed by atoms with Gasteiger partial charge in [0.25, 0.3) is 5.91 Å². The molecule has 0 aliphatic heterocycles. The van der Waals surface area contributed by atoms with Crippen molar-refractivity contribution in [2.45, 2.75) is 50.8 Å². The second-order valence-electron chi connectivity index (χ2n) is 6.00. The number of carboxylic acids is 1. The number of nitrogens with one attached hydrogen (secondary N) is 1. The number of thioether (sulfide) groups is 1. The zero-order chi connectivity index (χ0) is 16.7. The fourth-order valence-corrected chi connectivity index (χ4v) is 3.63. The van der Waals surface area contributed by atoms with Crippen LogP contribution in [-0.4, -0.2) is 28.8 Å². The maximum absolute atomic E-state index is 12.4. The van der Waals surface area contributed by atoms with Gasteiger partial charge in [-0.1, -0.05) is 38.3 Å². The Bertz CT molecular complexity index is 530. The van der Waals surface area contributed by atoms with Crippen molar-refractivity contribution < 1.29 is 14.7 Å². The minimum atomic E-state index is -0.802. The van der Waals surface area contributed by atoms with Gasteiger partial charge in [0.05, 0.1) is 5.92 Å². The highest BCUT2D eigenvalue weighted by molar-refractivity contribution is 7.98. The average Bonchev–Trinajstić information content (AvgIpc) is 2.79. The Morgan fingerprint density at radius 2 is 1.87 bits per heavy atom. The van der Waals surface area contributed by atoms with E-state index in [0.717, 1.165) is 37.2 Å². The van der Waals surface area contributed by atoms with Crippen molar-refractivity contribution in [2.75, 3.05) is 5.75 Å². The van der Waals surface area contributed by atoms with Crippen LogP contribution in [-0.2, 0) is 10.5 Å². The lowest BCUT2D eigenvalue weighted by molar-refractivity contribution is -0.142. The molecule has 1 saturated carbocycles. The van der Waals surface area contributed by atoms with Gasteiger partial charge >= 0.3 is 5.97 Å². The molecule has 1 amide bonds. The van der Waals surface area contributed by atoms with Crippen LogP contribution >= 0.6 is 11.8 Å². The summed E-state index contributed by atoms with van der Waals surface area (Å²) < 4.78 is 0. The molecule has 1 aromatic rings. The van der Waals surface area contributed by atoms with Gasteiger partial charge in [-0.3, -0.25) is 9.59 Å². The SMILES string of the molecule is CCSCc1ccc(C(=O)N[C@H]2CCCCC[C@H]2C(=O)O)cc1. The van der Waals surface area contributed by atoms with E-state index < -0.39 is 11.9 Å². The third-order valence-corrected chi connectivity index (χ3v) is 5.28. The minimum Gasteiger partial charge on any atom is -0.481 e. The molecule has 4 nitrogen and oxygen atoms in total. The van der Waals surface area contributed by atoms with E-state index in [1.807, 2.05) is 36.0 Å². The normalized spacial score (nSPS) is 21.4. The summed E-state index contributed by atoms with van der Waals surface area (Å²) >= 11 is 1.84. The number of amides is 1. The van der Waals surface area contributed by atoms with E-state index in [2.05, 4.69) is 12.2 Å². The summed E-state index contributed by atoms with van der Waals surface area (Å²) in [6, 6.07) is 7.33. The Hall–Kier alpha value is -1.49. The van der Waals surface area contributed by atoms with Gasteiger partial charge in [0.2, 0.25) is 0 Å². The van der Waals surface area contributed by atoms with Crippen molar-refractivity contribution in [3.63, 3.8) is 0 Å². The first-order chi connectivity index (χ1) is 11.1. The molecule has 2 atom stereocenters. The quantitative estimate of drug-likeness (QED) is 0.778. The summed E-state index contributed by atoms with van der Waals surface area (Å²) in [5.74, 6) is 0.575. The summed E-state index contributed by atoms with van der Waals surface area (Å²) in [6.07, 6.45) is 4.33. The average molecular weight is 335 g/mol. The number of aliphatic carboxylic acids is 1. The molecule has 126 valence electrons. The summed E-state index contributed by atoms with van der Waals surface area (Å²) in [7, 11) is 0. The predicted octanol–water partition coefficient (Wildman–Crippen LogP) is 3.70. The Labute approximate surface area is 142 Å². The van der Waals surface area contributed by atoms with Gasteiger partial charge in [0.1, 0.15) is 0 Å². The molecule has 0 radical (unpaired) electrons. The lowest BCUT2D eigenvalue weighted by Crippen LogP contribution is -2.42. The van der Waals surface area contributed by atoms with Crippen LogP contribution in [0.1, 0.15) is 54.9 Å². The Kier molecular flexibility index (Phi) is 6.96. The molecule has 0 aromatic heterocycles. The highest BCUT2D eigenvalue weighted by Crippen LogP contribution is 2.24. The largest absolute Gasteiger partial charge is 0.481 e. The summed E-state index contributed by atoms with van der Waals surface area (Å²) in [5.41, 5.74) is 1.80. The smallest absolute Gasteiger partial charge is 0.308 e. The standard InChI is InChI=1S/C18H25NO3S/c1-2-23-12-13-8-10-14(11-9-13)17(20)19-16-7-5-3-4-6-15(16)18(21)22/h8-11,15-16H,2-7,12H2,1H3,(H,19,20)(H,21,22)/t15-,16+/m1/s1. The molecule has 0 unspecified atom stereocenters. The number of benzene rings is 1. The maximum atomic E-state index is 12.4. The van der Waals surface area contributed by atoms with E-state index in [1.165, 1.54) is 5.56 Å². The van der Waals surface area contributed by atoms with Gasteiger partial charge in [-0.05, 0) is 36.3 Å². The number of carbonyl (C=O) groups excluding carboxylic acids is 1. The van der Waals surface area contributed by atoms with Crippen LogP contribution in [0.5, 0.6) is 0 Å². The molecule has 1 fully saturated rings. The van der Waals surface area contributed by atoms with Crippen LogP contribution < -0.4 is 5.32 Å². The van der Waals surface area contributed by atoms with E-state index in [4.69, 9.17) is 0 Å². The molecule has 2 rings (SSSR count). The lowest BCUT2D eigenvalue weighted by atomic mass is 9.94. The van der Waals surface area contributed by atoms with Crippen LogP contribution in [0.3, 0.4) is 0 Å². The molecule has 0 spiro atoms. The number of carboxylic acid groups (broad SMARTS) is 1. The molecule has 1 aromatic carbocycles. The fraction of sp³-hybridized carbons (Fsp3) is 0.556. The van der Waals surface area contributed by atoms with Crippen molar-refractivity contribution in [1.29, 1.82) is 0 Å². The monoisotopic (exact) mass is 335 g/mol. The van der Waals surface area contributed by atoms with Gasteiger partial charge in [0, 0.05) is 17.4 Å². The van der Waals surface area contributed by atoms with Crippen molar-refractivity contribution in [1.82, 2.24) is 5.32 Å². The second kappa shape index (κ2) is 8.96. The Balaban J connectivity index is 2.00. The summed E-state index contributed by atoms with van der Waals surface area (Å²) in [4.78, 5) is 23.8. The van der Waals surface area contributed by atoms with E-state index >= 15 is 0 Å². The lowest BCUT2D eigenvalue weighted by Gasteiger charge is -2.23. The van der Waals surface area contributed by atoms with Gasteiger partial charge in [-0.15, -0.1) is 0 Å². The highest BCUT2D eigenvalue weighted by atomic mass is 32.2. The zero-order valence-corrected chi connectivity index (χ0v) is 14.4. The number of carbonyl (C=O) groups is 2. The van der Waals surface area contributed by atoms with Gasteiger partial charge in [0.15, 0.2) is 0 Å². The van der Waals surface area contributed by atoms with E-state index in [-0.39, 0.29) is 11.9 Å². The molecular formula is C18H25NO3S. The first-order valence-corrected chi connectivity index (χ1v) is 9.47. The van der Waals surface area contributed by atoms with Crippen LogP contribution in [0.4, 0.5) is 0 Å². The first kappa shape index (κ1) is 17.9. The number of hydrogen-bond acceptors (Lipinski definition) is 3. The van der Waals surface area contributed by atoms with Crippen LogP contribution in [0.2, 0.25) is 0 Å². The molecule has 23 heavy (non-hydrogen) atoms. The molecule has 5 heteroatoms. The zero-order valence-electron chi connectivity index (χ0n) is 13.6. The third-order valence-electron chi connectivity index (χ3n) is 4.34. The first-order valence-electron chi connectivity index (χ1n) is 8.32. The van der Waals surface area contributed by atoms with E-state index in [9.17, 15) is 14.7 Å². The highest BCUT2D eigenvalue weighted by Gasteiger charge is 2.30. The topological polar surface area (TPSA) is 66.4 Å². The van der Waals surface area contributed by atoms with Crippen LogP contribution in [0.15, 0.2) is 24.3 Å². The fourth-order valence-electron chi connectivity index (χ4n) is 3.00. The molecule has 0 bridgehead atoms. The van der Waals surface area contributed by atoms with Crippen LogP contribution in [0.25, 0.3) is 0 Å². The van der Waals surface area contributed by atoms with Crippen LogP contribution in [0, 0.1) is 5.92 Å². The van der Waals surface area contributed by atoms with Crippen molar-refractivity contribution in [3.8, 4) is 0 Å². The molecular weight excluding hydrogens is 310 g/mol. The molecule has 0 heterocycles. The maximum Gasteiger partial charge on any atom is 0.308 e. The van der Waals surface area contributed by atoms with E-state index in [0.29, 0.717) is 12.0 Å². The Morgan fingerprint density at radius 3 is 2.52 bits per heavy atom. The third kappa shape index (κ3) is 5.27. The predicted molar refractivity (Wildman–Crippen MR) is 93.7 cm³/mol. The second-order valence-corrected chi connectivity index (χ2v) is 7.27. The molecule has 2 N–H and O–H groups in total. The van der Waals surface area contributed by atoms with Crippen molar-refractivity contribution >= 4 is 23.6 Å². The van der Waals surface area contributed by atoms with Gasteiger partial charge in [-0.2, -0.15) is 11.8 Å². The molecule has 0 saturated heterocycles. The number of rotatable bonds is 6.